The maximum absolute atomic E-state index is 8.74. The van der Waals surface area contributed by atoms with E-state index >= 15 is 0 Å². The van der Waals surface area contributed by atoms with Crippen molar-refractivity contribution in [2.24, 2.45) is 0 Å². The first-order valence-electron chi connectivity index (χ1n) is 6.24. The molecule has 0 atom stereocenters. The Hall–Kier alpha value is -3.59. The number of hydrogen-bond acceptors (Lipinski definition) is 10. The van der Waals surface area contributed by atoms with E-state index in [4.69, 9.17) is 29.0 Å². The van der Waals surface area contributed by atoms with Crippen LogP contribution < -0.4 is 11.5 Å². The molecule has 29 heavy (non-hydrogen) atoms. The molecule has 0 aromatic carbocycles. The molecular formula is C10H20N10O8S. The van der Waals surface area contributed by atoms with Crippen molar-refractivity contribution in [3.63, 3.8) is 0 Å². The lowest BCUT2D eigenvalue weighted by Gasteiger charge is -1.89. The van der Waals surface area contributed by atoms with Crippen LogP contribution in [0.3, 0.4) is 0 Å². The molecule has 18 nitrogen and oxygen atoms in total. The molecule has 0 aliphatic heterocycles. The third kappa shape index (κ3) is 9.25. The number of anilines is 2. The van der Waals surface area contributed by atoms with Crippen LogP contribution in [0.4, 0.5) is 11.6 Å². The molecule has 19 heteroatoms. The van der Waals surface area contributed by atoms with E-state index in [1.165, 1.54) is 25.3 Å². The van der Waals surface area contributed by atoms with Crippen molar-refractivity contribution >= 4 is 44.4 Å². The predicted molar refractivity (Wildman–Crippen MR) is 101 cm³/mol. The van der Waals surface area contributed by atoms with Crippen LogP contribution in [0.5, 0.6) is 0 Å². The van der Waals surface area contributed by atoms with E-state index in [0.717, 1.165) is 0 Å². The van der Waals surface area contributed by atoms with E-state index in [9.17, 15) is 0 Å². The molecule has 0 spiro atoms. The van der Waals surface area contributed by atoms with Gasteiger partial charge in [-0.1, -0.05) is 0 Å². The van der Waals surface area contributed by atoms with Gasteiger partial charge >= 0.3 is 10.4 Å². The van der Waals surface area contributed by atoms with Crippen LogP contribution in [0.25, 0.3) is 22.3 Å². The molecule has 0 saturated heterocycles. The Kier molecular flexibility index (Phi) is 13.2. The largest absolute Gasteiger partial charge is 0.412 e. The summed E-state index contributed by atoms with van der Waals surface area (Å²) in [4.78, 5) is 28.7. The molecule has 0 bridgehead atoms. The third-order valence-corrected chi connectivity index (χ3v) is 2.50. The van der Waals surface area contributed by atoms with E-state index in [2.05, 4.69) is 39.9 Å². The molecule has 0 saturated carbocycles. The van der Waals surface area contributed by atoms with Crippen molar-refractivity contribution in [1.82, 2.24) is 39.9 Å². The smallest absolute Gasteiger partial charge is 0.394 e. The molecule has 4 aromatic heterocycles. The van der Waals surface area contributed by atoms with Gasteiger partial charge in [0.2, 0.25) is 0 Å². The van der Waals surface area contributed by atoms with E-state index in [0.29, 0.717) is 34.0 Å². The number of nitrogens with one attached hydrogen (secondary N) is 2. The van der Waals surface area contributed by atoms with Crippen LogP contribution in [0.1, 0.15) is 0 Å². The van der Waals surface area contributed by atoms with Gasteiger partial charge in [0, 0.05) is 0 Å². The monoisotopic (exact) mass is 440 g/mol. The summed E-state index contributed by atoms with van der Waals surface area (Å²) in [6, 6.07) is 0. The molecule has 0 amide bonds. The normalized spacial score (nSPS) is 9.17. The van der Waals surface area contributed by atoms with Crippen molar-refractivity contribution in [1.29, 1.82) is 0 Å². The summed E-state index contributed by atoms with van der Waals surface area (Å²) in [7, 11) is -4.67. The number of nitrogen functional groups attached to an aromatic ring is 2. The second kappa shape index (κ2) is 12.7. The number of aromatic amines is 2. The quantitative estimate of drug-likeness (QED) is 0.142. The minimum absolute atomic E-state index is 0. The second-order valence-corrected chi connectivity index (χ2v) is 5.06. The first-order valence-corrected chi connectivity index (χ1v) is 7.64. The molecule has 4 aromatic rings. The summed E-state index contributed by atoms with van der Waals surface area (Å²) < 4.78 is 31.6. The Bertz CT molecular complexity index is 1000. The van der Waals surface area contributed by atoms with Crippen molar-refractivity contribution in [3.8, 4) is 0 Å². The van der Waals surface area contributed by atoms with Crippen LogP contribution in [0, 0.1) is 0 Å². The topological polar surface area (TPSA) is 362 Å². The van der Waals surface area contributed by atoms with E-state index in [1.807, 2.05) is 0 Å². The number of rotatable bonds is 0. The first-order chi connectivity index (χ1) is 11.8. The SMILES string of the molecule is Nc1ncnc2nc[nH]c12.Nc1ncnc2nc[nH]c12.O.O.O.O.O=S(=O)(O)O. The Morgan fingerprint density at radius 1 is 0.690 bits per heavy atom. The lowest BCUT2D eigenvalue weighted by molar-refractivity contribution is 0.381. The number of nitrogens with two attached hydrogens (primary N) is 2. The van der Waals surface area contributed by atoms with Gasteiger partial charge in [0.25, 0.3) is 0 Å². The van der Waals surface area contributed by atoms with Crippen LogP contribution in [-0.2, 0) is 10.4 Å². The Labute approximate surface area is 161 Å². The number of imidazole rings is 2. The van der Waals surface area contributed by atoms with Crippen molar-refractivity contribution in [2.75, 3.05) is 11.5 Å². The van der Waals surface area contributed by atoms with Gasteiger partial charge in [0.05, 0.1) is 12.7 Å². The maximum Gasteiger partial charge on any atom is 0.394 e. The summed E-state index contributed by atoms with van der Waals surface area (Å²) in [5, 5.41) is 0. The van der Waals surface area contributed by atoms with E-state index in [-0.39, 0.29) is 21.9 Å². The summed E-state index contributed by atoms with van der Waals surface area (Å²) in [6.45, 7) is 0. The highest BCUT2D eigenvalue weighted by atomic mass is 32.3. The Morgan fingerprint density at radius 3 is 1.28 bits per heavy atom. The van der Waals surface area contributed by atoms with Gasteiger partial charge in [-0.15, -0.1) is 0 Å². The molecule has 4 heterocycles. The van der Waals surface area contributed by atoms with Gasteiger partial charge in [-0.2, -0.15) is 8.42 Å². The summed E-state index contributed by atoms with van der Waals surface area (Å²) in [6.07, 6.45) is 5.85. The van der Waals surface area contributed by atoms with Crippen LogP contribution in [0.15, 0.2) is 25.3 Å². The molecule has 0 aliphatic rings. The van der Waals surface area contributed by atoms with Gasteiger partial charge < -0.3 is 43.3 Å². The van der Waals surface area contributed by atoms with Crippen LogP contribution >= 0.6 is 0 Å². The zero-order valence-corrected chi connectivity index (χ0v) is 15.1. The lowest BCUT2D eigenvalue weighted by Crippen LogP contribution is -1.91. The highest BCUT2D eigenvalue weighted by Crippen LogP contribution is 2.09. The fourth-order valence-electron chi connectivity index (χ4n) is 1.57. The average molecular weight is 440 g/mol. The number of fused-ring (bicyclic) bond motifs is 2. The molecule has 16 N–H and O–H groups in total. The zero-order valence-electron chi connectivity index (χ0n) is 14.3. The fourth-order valence-corrected chi connectivity index (χ4v) is 1.57. The highest BCUT2D eigenvalue weighted by Gasteiger charge is 2.00. The molecule has 164 valence electrons. The number of H-pyrrole nitrogens is 2. The number of nitrogens with zero attached hydrogens (tertiary/aromatic N) is 6. The van der Waals surface area contributed by atoms with Crippen molar-refractivity contribution < 1.29 is 39.4 Å². The Balaban J connectivity index is -0.000000344. The first kappa shape index (κ1) is 30.1. The third-order valence-electron chi connectivity index (χ3n) is 2.50. The van der Waals surface area contributed by atoms with E-state index < -0.39 is 10.4 Å². The highest BCUT2D eigenvalue weighted by molar-refractivity contribution is 7.79. The average Bonchev–Trinajstić information content (AvgIpc) is 3.16. The van der Waals surface area contributed by atoms with Crippen molar-refractivity contribution in [2.45, 2.75) is 0 Å². The maximum atomic E-state index is 8.74. The van der Waals surface area contributed by atoms with Gasteiger partial charge in [-0.05, 0) is 0 Å². The van der Waals surface area contributed by atoms with Crippen LogP contribution in [-0.4, -0.2) is 79.3 Å². The number of aromatic nitrogens is 8. The van der Waals surface area contributed by atoms with Gasteiger partial charge in [0.15, 0.2) is 22.9 Å². The number of hydrogen-bond donors (Lipinski definition) is 6. The minimum atomic E-state index is -4.67. The molecule has 4 rings (SSSR count). The molecule has 0 aliphatic carbocycles. The van der Waals surface area contributed by atoms with Gasteiger partial charge in [-0.3, -0.25) is 9.11 Å². The second-order valence-electron chi connectivity index (χ2n) is 4.17. The summed E-state index contributed by atoms with van der Waals surface area (Å²) >= 11 is 0. The molecule has 0 radical (unpaired) electrons. The zero-order chi connectivity index (χ0) is 18.4. The molecule has 0 fully saturated rings. The Morgan fingerprint density at radius 2 is 1.00 bits per heavy atom. The van der Waals surface area contributed by atoms with Gasteiger partial charge in [0.1, 0.15) is 23.7 Å². The lowest BCUT2D eigenvalue weighted by atomic mass is 10.5. The van der Waals surface area contributed by atoms with Crippen LogP contribution in [0.2, 0.25) is 0 Å². The standard InChI is InChI=1S/2C5H5N5.H2O4S.4H2O/c2*6-4-3-5(9-1-7-3)10-2-8-4;1-5(2,3)4;;;;/h2*1-2H,(H3,6,7,8,9,10);(H2,1,2,3,4);4*1H2. The molecular weight excluding hydrogens is 420 g/mol. The predicted octanol–water partition coefficient (Wildman–Crippen LogP) is -4.08. The van der Waals surface area contributed by atoms with Crippen molar-refractivity contribution in [3.05, 3.63) is 25.3 Å². The summed E-state index contributed by atoms with van der Waals surface area (Å²) in [5.74, 6) is 0.866. The minimum Gasteiger partial charge on any atom is -0.412 e. The van der Waals surface area contributed by atoms with E-state index in [1.54, 1.807) is 0 Å². The molecule has 0 unspecified atom stereocenters. The fraction of sp³-hybridized carbons (Fsp3) is 0. The van der Waals surface area contributed by atoms with Gasteiger partial charge in [-0.25, -0.2) is 29.9 Å². The summed E-state index contributed by atoms with van der Waals surface area (Å²) in [5.41, 5.74) is 13.6.